The predicted molar refractivity (Wildman–Crippen MR) is 135 cm³/mol. The SMILES string of the molecule is CC1(C)CCC[C@](C)([C@H]2CC[C@]3(C)[C@@H]2[C@H](O)C[C@@H]2[C@@]4(C)CC[C@@H](O)C(C)(C)[C@@H]4[C@@H](O)C[C@]23C)O1. The molecule has 5 fully saturated rings. The Hall–Kier alpha value is -0.160. The van der Waals surface area contributed by atoms with E-state index in [1.807, 2.05) is 0 Å². The Bertz CT molecular complexity index is 823. The number of ether oxygens (including phenoxy) is 1. The van der Waals surface area contributed by atoms with Crippen LogP contribution in [-0.4, -0.2) is 44.8 Å². The Balaban J connectivity index is 1.54. The van der Waals surface area contributed by atoms with Crippen molar-refractivity contribution < 1.29 is 20.1 Å². The number of hydrogen-bond donors (Lipinski definition) is 3. The first-order valence-electron chi connectivity index (χ1n) is 14.3. The second kappa shape index (κ2) is 7.45. The summed E-state index contributed by atoms with van der Waals surface area (Å²) < 4.78 is 6.83. The standard InChI is InChI=1S/C30H52O4/c1-25(2)12-9-13-30(8,34-25)18-10-15-28(6)23(18)19(31)16-21-27(5)14-11-22(33)26(3,4)24(27)20(32)17-29(21,28)7/h18-24,31-33H,9-17H2,1-8H3/t18-,19+,20-,21+,22+,23-,24-,27+,28+,29+,30+/m0/s1. The van der Waals surface area contributed by atoms with Crippen molar-refractivity contribution >= 4 is 0 Å². The third-order valence-corrected chi connectivity index (χ3v) is 13.0. The average Bonchev–Trinajstić information content (AvgIpc) is 3.07. The van der Waals surface area contributed by atoms with Crippen LogP contribution in [0.1, 0.15) is 113 Å². The normalized spacial score (nSPS) is 58.5. The number of aliphatic hydroxyl groups is 3. The molecule has 0 bridgehead atoms. The topological polar surface area (TPSA) is 69.9 Å². The summed E-state index contributed by atoms with van der Waals surface area (Å²) >= 11 is 0. The van der Waals surface area contributed by atoms with Crippen LogP contribution < -0.4 is 0 Å². The van der Waals surface area contributed by atoms with Gasteiger partial charge in [-0.3, -0.25) is 0 Å². The molecule has 3 N–H and O–H groups in total. The largest absolute Gasteiger partial charge is 0.393 e. The van der Waals surface area contributed by atoms with Crippen LogP contribution in [-0.2, 0) is 4.74 Å². The zero-order chi connectivity index (χ0) is 25.1. The maximum absolute atomic E-state index is 11.9. The van der Waals surface area contributed by atoms with Crippen LogP contribution >= 0.6 is 0 Å². The summed E-state index contributed by atoms with van der Waals surface area (Å²) in [5.74, 6) is 0.984. The Kier molecular flexibility index (Phi) is 5.59. The van der Waals surface area contributed by atoms with E-state index in [9.17, 15) is 15.3 Å². The molecule has 4 heteroatoms. The van der Waals surface area contributed by atoms with Gasteiger partial charge in [0.05, 0.1) is 29.5 Å². The lowest BCUT2D eigenvalue weighted by molar-refractivity contribution is -0.279. The number of rotatable bonds is 1. The molecule has 196 valence electrons. The maximum Gasteiger partial charge on any atom is 0.0693 e. The molecule has 1 heterocycles. The van der Waals surface area contributed by atoms with E-state index in [-0.39, 0.29) is 56.9 Å². The average molecular weight is 477 g/mol. The van der Waals surface area contributed by atoms with Crippen LogP contribution in [0.15, 0.2) is 0 Å². The van der Waals surface area contributed by atoms with E-state index in [1.54, 1.807) is 0 Å². The fourth-order valence-corrected chi connectivity index (χ4v) is 11.5. The number of fused-ring (bicyclic) bond motifs is 5. The number of aliphatic hydroxyl groups excluding tert-OH is 3. The Morgan fingerprint density at radius 3 is 2.06 bits per heavy atom. The lowest BCUT2D eigenvalue weighted by Gasteiger charge is -2.71. The Labute approximate surface area is 208 Å². The van der Waals surface area contributed by atoms with Gasteiger partial charge in [0.25, 0.3) is 0 Å². The molecule has 0 aromatic rings. The highest BCUT2D eigenvalue weighted by atomic mass is 16.5. The quantitative estimate of drug-likeness (QED) is 0.453. The summed E-state index contributed by atoms with van der Waals surface area (Å²) in [7, 11) is 0. The fourth-order valence-electron chi connectivity index (χ4n) is 11.5. The highest BCUT2D eigenvalue weighted by Gasteiger charge is 2.73. The van der Waals surface area contributed by atoms with Gasteiger partial charge >= 0.3 is 0 Å². The van der Waals surface area contributed by atoms with Gasteiger partial charge in [-0.15, -0.1) is 0 Å². The molecule has 1 saturated heterocycles. The van der Waals surface area contributed by atoms with Crippen molar-refractivity contribution in [1.82, 2.24) is 0 Å². The van der Waals surface area contributed by atoms with E-state index in [1.165, 1.54) is 6.42 Å². The van der Waals surface area contributed by atoms with Crippen molar-refractivity contribution in [2.45, 2.75) is 143 Å². The van der Waals surface area contributed by atoms with Crippen molar-refractivity contribution in [3.63, 3.8) is 0 Å². The highest BCUT2D eigenvalue weighted by molar-refractivity contribution is 5.21. The van der Waals surface area contributed by atoms with E-state index in [4.69, 9.17) is 4.74 Å². The highest BCUT2D eigenvalue weighted by Crippen LogP contribution is 2.76. The molecule has 34 heavy (non-hydrogen) atoms. The summed E-state index contributed by atoms with van der Waals surface area (Å²) in [4.78, 5) is 0. The maximum atomic E-state index is 11.9. The van der Waals surface area contributed by atoms with Crippen LogP contribution in [0, 0.1) is 45.3 Å². The lowest BCUT2D eigenvalue weighted by atomic mass is 9.34. The first kappa shape index (κ1) is 25.5. The van der Waals surface area contributed by atoms with Crippen LogP contribution in [0.4, 0.5) is 0 Å². The van der Waals surface area contributed by atoms with E-state index in [2.05, 4.69) is 55.4 Å². The van der Waals surface area contributed by atoms with Crippen LogP contribution in [0.25, 0.3) is 0 Å². The molecule has 5 aliphatic rings. The second-order valence-electron chi connectivity index (χ2n) is 15.5. The van der Waals surface area contributed by atoms with E-state index in [0.717, 1.165) is 51.4 Å². The van der Waals surface area contributed by atoms with Crippen molar-refractivity contribution in [2.24, 2.45) is 45.3 Å². The summed E-state index contributed by atoms with van der Waals surface area (Å²) in [6.45, 7) is 18.4. The molecular weight excluding hydrogens is 424 g/mol. The van der Waals surface area contributed by atoms with Gasteiger partial charge in [-0.2, -0.15) is 0 Å². The molecule has 0 radical (unpaired) electrons. The summed E-state index contributed by atoms with van der Waals surface area (Å²) in [5.41, 5.74) is -0.739. The Morgan fingerprint density at radius 1 is 0.735 bits per heavy atom. The molecule has 0 spiro atoms. The summed E-state index contributed by atoms with van der Waals surface area (Å²) in [6.07, 6.45) is 7.79. The van der Waals surface area contributed by atoms with Crippen molar-refractivity contribution in [3.8, 4) is 0 Å². The van der Waals surface area contributed by atoms with Crippen molar-refractivity contribution in [1.29, 1.82) is 0 Å². The van der Waals surface area contributed by atoms with Crippen LogP contribution in [0.2, 0.25) is 0 Å². The first-order valence-corrected chi connectivity index (χ1v) is 14.3. The smallest absolute Gasteiger partial charge is 0.0693 e. The molecule has 5 rings (SSSR count). The Morgan fingerprint density at radius 2 is 1.41 bits per heavy atom. The first-order chi connectivity index (χ1) is 15.5. The third-order valence-electron chi connectivity index (χ3n) is 13.0. The van der Waals surface area contributed by atoms with Crippen molar-refractivity contribution in [3.05, 3.63) is 0 Å². The molecule has 4 nitrogen and oxygen atoms in total. The minimum absolute atomic E-state index is 0.0247. The monoisotopic (exact) mass is 476 g/mol. The van der Waals surface area contributed by atoms with Gasteiger partial charge in [-0.25, -0.2) is 0 Å². The van der Waals surface area contributed by atoms with E-state index >= 15 is 0 Å². The van der Waals surface area contributed by atoms with E-state index < -0.39 is 6.10 Å². The van der Waals surface area contributed by atoms with Gasteiger partial charge in [0.2, 0.25) is 0 Å². The van der Waals surface area contributed by atoms with Crippen molar-refractivity contribution in [2.75, 3.05) is 0 Å². The fraction of sp³-hybridized carbons (Fsp3) is 1.00. The molecule has 0 aromatic carbocycles. The zero-order valence-electron chi connectivity index (χ0n) is 23.2. The second-order valence-corrected chi connectivity index (χ2v) is 15.5. The molecule has 0 aromatic heterocycles. The minimum atomic E-state index is -0.414. The molecular formula is C30H52O4. The van der Waals surface area contributed by atoms with Crippen LogP contribution in [0.5, 0.6) is 0 Å². The van der Waals surface area contributed by atoms with Crippen LogP contribution in [0.3, 0.4) is 0 Å². The zero-order valence-corrected chi connectivity index (χ0v) is 23.2. The van der Waals surface area contributed by atoms with Gasteiger partial charge < -0.3 is 20.1 Å². The molecule has 11 atom stereocenters. The van der Waals surface area contributed by atoms with Gasteiger partial charge in [0.15, 0.2) is 0 Å². The van der Waals surface area contributed by atoms with Gasteiger partial charge in [0.1, 0.15) is 0 Å². The molecule has 0 amide bonds. The predicted octanol–water partition coefficient (Wildman–Crippen LogP) is 5.71. The van der Waals surface area contributed by atoms with Gasteiger partial charge in [-0.1, -0.05) is 34.6 Å². The third kappa shape index (κ3) is 3.16. The molecule has 4 saturated carbocycles. The van der Waals surface area contributed by atoms with Gasteiger partial charge in [0, 0.05) is 0 Å². The lowest BCUT2D eigenvalue weighted by Crippen LogP contribution is -2.70. The number of hydrogen-bond acceptors (Lipinski definition) is 4. The minimum Gasteiger partial charge on any atom is -0.393 e. The molecule has 1 aliphatic heterocycles. The summed E-state index contributed by atoms with van der Waals surface area (Å²) in [5, 5.41) is 34.6. The summed E-state index contributed by atoms with van der Waals surface area (Å²) in [6, 6.07) is 0. The molecule has 4 aliphatic carbocycles. The van der Waals surface area contributed by atoms with Gasteiger partial charge in [-0.05, 0) is 124 Å². The van der Waals surface area contributed by atoms with E-state index in [0.29, 0.717) is 11.8 Å². The molecule has 0 unspecified atom stereocenters.